The zero-order chi connectivity index (χ0) is 13.1. The Bertz CT molecular complexity index is 466. The molecule has 0 aromatic carbocycles. The number of aromatic nitrogens is 2. The second kappa shape index (κ2) is 5.28. The van der Waals surface area contributed by atoms with Crippen LogP contribution in [0.1, 0.15) is 6.92 Å². The van der Waals surface area contributed by atoms with E-state index < -0.39 is 10.0 Å². The summed E-state index contributed by atoms with van der Waals surface area (Å²) < 4.78 is 25.2. The number of nitrogens with zero attached hydrogens (tertiary/aromatic N) is 3. The molecule has 0 bridgehead atoms. The van der Waals surface area contributed by atoms with Gasteiger partial charge in [-0.3, -0.25) is 9.89 Å². The van der Waals surface area contributed by atoms with E-state index in [4.69, 9.17) is 0 Å². The average molecular weight is 260 g/mol. The maximum absolute atomic E-state index is 12.1. The number of likely N-dealkylation sites (N-methyl/N-ethyl adjacent to an activating group) is 2. The molecule has 0 spiro atoms. The summed E-state index contributed by atoms with van der Waals surface area (Å²) in [5, 5.41) is 5.97. The predicted octanol–water partition coefficient (Wildman–Crippen LogP) is -0.491. The summed E-state index contributed by atoms with van der Waals surface area (Å²) in [6.45, 7) is 1.72. The average Bonchev–Trinajstić information content (AvgIpc) is 2.78. The number of amides is 1. The Morgan fingerprint density at radius 3 is 2.53 bits per heavy atom. The molecule has 1 aromatic rings. The molecular weight excluding hydrogens is 244 g/mol. The fourth-order valence-electron chi connectivity index (χ4n) is 1.18. The zero-order valence-electron chi connectivity index (χ0n) is 10.0. The topological polar surface area (TPSA) is 86.4 Å². The van der Waals surface area contributed by atoms with Crippen LogP contribution in [0, 0.1) is 0 Å². The van der Waals surface area contributed by atoms with Crippen LogP contribution in [0.5, 0.6) is 0 Å². The molecule has 0 unspecified atom stereocenters. The number of H-pyrrole nitrogens is 1. The highest BCUT2D eigenvalue weighted by molar-refractivity contribution is 7.89. The Balaban J connectivity index is 2.92. The van der Waals surface area contributed by atoms with Gasteiger partial charge in [-0.2, -0.15) is 9.40 Å². The molecule has 0 aliphatic carbocycles. The Morgan fingerprint density at radius 2 is 2.12 bits per heavy atom. The number of nitrogens with one attached hydrogen (secondary N) is 1. The molecule has 0 aliphatic heterocycles. The summed E-state index contributed by atoms with van der Waals surface area (Å²) in [6, 6.07) is 1.36. The van der Waals surface area contributed by atoms with Gasteiger partial charge in [0.1, 0.15) is 0 Å². The minimum absolute atomic E-state index is 0.00842. The van der Waals surface area contributed by atoms with Crippen molar-refractivity contribution in [1.29, 1.82) is 0 Å². The molecular formula is C9H16N4O3S. The zero-order valence-corrected chi connectivity index (χ0v) is 10.9. The third kappa shape index (κ3) is 3.04. The van der Waals surface area contributed by atoms with Crippen LogP contribution in [0.15, 0.2) is 17.3 Å². The van der Waals surface area contributed by atoms with E-state index in [1.807, 2.05) is 0 Å². The van der Waals surface area contributed by atoms with Crippen molar-refractivity contribution in [3.05, 3.63) is 12.3 Å². The van der Waals surface area contributed by atoms with Gasteiger partial charge in [0.05, 0.1) is 12.7 Å². The lowest BCUT2D eigenvalue weighted by atomic mass is 10.5. The summed E-state index contributed by atoms with van der Waals surface area (Å²) in [7, 11) is -0.504. The number of sulfonamides is 1. The Hall–Kier alpha value is -1.41. The van der Waals surface area contributed by atoms with Crippen LogP contribution in [-0.4, -0.2) is 60.9 Å². The quantitative estimate of drug-likeness (QED) is 0.774. The standard InChI is InChI=1S/C9H16N4O3S/c1-4-13(7-9(14)12(2)3)17(15,16)8-5-6-10-11-8/h5-6H,4,7H2,1-3H3,(H,10,11). The third-order valence-electron chi connectivity index (χ3n) is 2.26. The van der Waals surface area contributed by atoms with Crippen LogP contribution >= 0.6 is 0 Å². The van der Waals surface area contributed by atoms with Gasteiger partial charge in [-0.25, -0.2) is 8.42 Å². The first-order chi connectivity index (χ1) is 7.89. The van der Waals surface area contributed by atoms with Gasteiger partial charge in [0, 0.05) is 20.6 Å². The van der Waals surface area contributed by atoms with Crippen LogP contribution < -0.4 is 0 Å². The lowest BCUT2D eigenvalue weighted by Gasteiger charge is -2.20. The SMILES string of the molecule is CCN(CC(=O)N(C)C)S(=O)(=O)c1ccn[nH]1. The van der Waals surface area contributed by atoms with Crippen LogP contribution in [0.2, 0.25) is 0 Å². The predicted molar refractivity (Wildman–Crippen MR) is 61.7 cm³/mol. The van der Waals surface area contributed by atoms with Crippen molar-refractivity contribution in [1.82, 2.24) is 19.4 Å². The van der Waals surface area contributed by atoms with E-state index in [2.05, 4.69) is 10.2 Å². The third-order valence-corrected chi connectivity index (χ3v) is 4.11. The highest BCUT2D eigenvalue weighted by Crippen LogP contribution is 2.11. The van der Waals surface area contributed by atoms with Gasteiger partial charge >= 0.3 is 0 Å². The summed E-state index contributed by atoms with van der Waals surface area (Å²) in [5.74, 6) is -0.269. The highest BCUT2D eigenvalue weighted by atomic mass is 32.2. The molecule has 1 aromatic heterocycles. The summed E-state index contributed by atoms with van der Waals surface area (Å²) in [5.41, 5.74) is 0. The first kappa shape index (κ1) is 13.7. The van der Waals surface area contributed by atoms with Gasteiger partial charge in [-0.15, -0.1) is 0 Å². The normalized spacial score (nSPS) is 11.8. The number of hydrogen-bond donors (Lipinski definition) is 1. The molecule has 1 amide bonds. The lowest BCUT2D eigenvalue weighted by molar-refractivity contribution is -0.128. The van der Waals surface area contributed by atoms with Gasteiger partial charge in [0.15, 0.2) is 5.03 Å². The van der Waals surface area contributed by atoms with Crippen LogP contribution in [-0.2, 0) is 14.8 Å². The largest absolute Gasteiger partial charge is 0.348 e. The molecule has 17 heavy (non-hydrogen) atoms. The minimum atomic E-state index is -3.67. The monoisotopic (exact) mass is 260 g/mol. The Kier molecular flexibility index (Phi) is 4.24. The molecule has 0 radical (unpaired) electrons. The van der Waals surface area contributed by atoms with E-state index in [9.17, 15) is 13.2 Å². The molecule has 96 valence electrons. The van der Waals surface area contributed by atoms with E-state index in [1.54, 1.807) is 21.0 Å². The van der Waals surface area contributed by atoms with Gasteiger partial charge in [0.2, 0.25) is 5.91 Å². The lowest BCUT2D eigenvalue weighted by Crippen LogP contribution is -2.40. The van der Waals surface area contributed by atoms with Crippen molar-refractivity contribution >= 4 is 15.9 Å². The molecule has 1 rings (SSSR count). The van der Waals surface area contributed by atoms with Crippen molar-refractivity contribution in [2.75, 3.05) is 27.2 Å². The molecule has 0 aliphatic rings. The van der Waals surface area contributed by atoms with E-state index >= 15 is 0 Å². The molecule has 0 atom stereocenters. The number of rotatable bonds is 5. The summed E-state index contributed by atoms with van der Waals surface area (Å²) >= 11 is 0. The maximum atomic E-state index is 12.1. The highest BCUT2D eigenvalue weighted by Gasteiger charge is 2.26. The van der Waals surface area contributed by atoms with Gasteiger partial charge < -0.3 is 4.90 Å². The summed E-state index contributed by atoms with van der Waals surface area (Å²) in [4.78, 5) is 12.9. The second-order valence-electron chi connectivity index (χ2n) is 3.64. The van der Waals surface area contributed by atoms with E-state index in [0.717, 1.165) is 4.31 Å². The van der Waals surface area contributed by atoms with E-state index in [0.29, 0.717) is 0 Å². The molecule has 7 nitrogen and oxygen atoms in total. The van der Waals surface area contributed by atoms with Crippen LogP contribution in [0.4, 0.5) is 0 Å². The number of carbonyl (C=O) groups is 1. The Labute approximate surface area is 100 Å². The molecule has 0 fully saturated rings. The molecule has 8 heteroatoms. The van der Waals surface area contributed by atoms with Gasteiger partial charge in [0.25, 0.3) is 10.0 Å². The van der Waals surface area contributed by atoms with Crippen LogP contribution in [0.3, 0.4) is 0 Å². The van der Waals surface area contributed by atoms with Crippen molar-refractivity contribution in [3.8, 4) is 0 Å². The summed E-state index contributed by atoms with van der Waals surface area (Å²) in [6.07, 6.45) is 1.36. The molecule has 0 saturated heterocycles. The number of carbonyl (C=O) groups excluding carboxylic acids is 1. The fourth-order valence-corrected chi connectivity index (χ4v) is 2.48. The van der Waals surface area contributed by atoms with Crippen molar-refractivity contribution in [2.24, 2.45) is 0 Å². The second-order valence-corrected chi connectivity index (χ2v) is 5.55. The molecule has 0 saturated carbocycles. The fraction of sp³-hybridized carbons (Fsp3) is 0.556. The van der Waals surface area contributed by atoms with Crippen molar-refractivity contribution < 1.29 is 13.2 Å². The van der Waals surface area contributed by atoms with Crippen molar-refractivity contribution in [2.45, 2.75) is 11.9 Å². The first-order valence-corrected chi connectivity index (χ1v) is 6.53. The number of hydrogen-bond acceptors (Lipinski definition) is 4. The molecule has 1 N–H and O–H groups in total. The smallest absolute Gasteiger partial charge is 0.260 e. The minimum Gasteiger partial charge on any atom is -0.348 e. The van der Waals surface area contributed by atoms with E-state index in [1.165, 1.54) is 17.2 Å². The Morgan fingerprint density at radius 1 is 1.47 bits per heavy atom. The van der Waals surface area contributed by atoms with Gasteiger partial charge in [-0.1, -0.05) is 6.92 Å². The maximum Gasteiger partial charge on any atom is 0.260 e. The van der Waals surface area contributed by atoms with Gasteiger partial charge in [-0.05, 0) is 6.07 Å². The first-order valence-electron chi connectivity index (χ1n) is 5.09. The van der Waals surface area contributed by atoms with Crippen molar-refractivity contribution in [3.63, 3.8) is 0 Å². The van der Waals surface area contributed by atoms with E-state index in [-0.39, 0.29) is 24.0 Å². The molecule has 1 heterocycles. The van der Waals surface area contributed by atoms with Crippen LogP contribution in [0.25, 0.3) is 0 Å². The number of aromatic amines is 1.